The van der Waals surface area contributed by atoms with Crippen molar-refractivity contribution < 1.29 is 9.21 Å². The van der Waals surface area contributed by atoms with Crippen molar-refractivity contribution in [1.29, 1.82) is 0 Å². The highest BCUT2D eigenvalue weighted by Gasteiger charge is 2.17. The van der Waals surface area contributed by atoms with E-state index in [2.05, 4.69) is 21.3 Å². The number of aryl methyl sites for hydroxylation is 1. The van der Waals surface area contributed by atoms with Gasteiger partial charge in [0, 0.05) is 36.8 Å². The van der Waals surface area contributed by atoms with Crippen LogP contribution >= 0.6 is 0 Å². The van der Waals surface area contributed by atoms with E-state index < -0.39 is 0 Å². The fourth-order valence-corrected chi connectivity index (χ4v) is 3.34. The van der Waals surface area contributed by atoms with E-state index in [1.165, 1.54) is 12.8 Å². The topological polar surface area (TPSA) is 58.4 Å². The number of nitrogens with zero attached hydrogens (tertiary/aromatic N) is 2. The van der Waals surface area contributed by atoms with Gasteiger partial charge in [-0.3, -0.25) is 4.79 Å². The maximum atomic E-state index is 12.5. The number of carbonyl (C=O) groups excluding carboxylic acids is 1. The zero-order chi connectivity index (χ0) is 17.2. The van der Waals surface area contributed by atoms with Crippen LogP contribution in [0.5, 0.6) is 0 Å². The number of aromatic nitrogens is 1. The Hall–Kier alpha value is -2.82. The third-order valence-corrected chi connectivity index (χ3v) is 4.74. The van der Waals surface area contributed by atoms with Gasteiger partial charge in [0.2, 0.25) is 0 Å². The van der Waals surface area contributed by atoms with Crippen molar-refractivity contribution in [3.63, 3.8) is 0 Å². The summed E-state index contributed by atoms with van der Waals surface area (Å²) in [5.74, 6) is 1.19. The molecule has 1 aliphatic heterocycles. The van der Waals surface area contributed by atoms with Crippen LogP contribution in [0, 0.1) is 6.92 Å². The molecule has 0 spiro atoms. The van der Waals surface area contributed by atoms with Gasteiger partial charge < -0.3 is 14.6 Å². The summed E-state index contributed by atoms with van der Waals surface area (Å²) in [5, 5.41) is 3.94. The van der Waals surface area contributed by atoms with Crippen molar-refractivity contribution >= 4 is 22.7 Å². The predicted octanol–water partition coefficient (Wildman–Crippen LogP) is 3.67. The van der Waals surface area contributed by atoms with Crippen LogP contribution in [0.4, 0.5) is 5.82 Å². The van der Waals surface area contributed by atoms with E-state index in [0.717, 1.165) is 41.0 Å². The number of nitrogens with one attached hydrogen (secondary N) is 1. The van der Waals surface area contributed by atoms with Crippen molar-refractivity contribution in [3.05, 3.63) is 59.5 Å². The van der Waals surface area contributed by atoms with Crippen LogP contribution in [0.2, 0.25) is 0 Å². The number of anilines is 1. The Bertz CT molecular complexity index is 910. The predicted molar refractivity (Wildman–Crippen MR) is 97.8 cm³/mol. The van der Waals surface area contributed by atoms with Gasteiger partial charge in [0.15, 0.2) is 5.76 Å². The molecular formula is C20H21N3O2. The molecule has 3 heterocycles. The molecule has 0 aliphatic carbocycles. The second-order valence-electron chi connectivity index (χ2n) is 6.45. The number of furan rings is 1. The Morgan fingerprint density at radius 3 is 2.84 bits per heavy atom. The molecule has 1 aromatic carbocycles. The lowest BCUT2D eigenvalue weighted by Gasteiger charge is -2.16. The molecule has 0 radical (unpaired) electrons. The van der Waals surface area contributed by atoms with E-state index in [1.807, 2.05) is 43.5 Å². The van der Waals surface area contributed by atoms with Gasteiger partial charge in [-0.25, -0.2) is 4.98 Å². The second-order valence-corrected chi connectivity index (χ2v) is 6.45. The summed E-state index contributed by atoms with van der Waals surface area (Å²) in [7, 11) is 0. The van der Waals surface area contributed by atoms with E-state index in [-0.39, 0.29) is 5.91 Å². The molecule has 5 heteroatoms. The average molecular weight is 335 g/mol. The fraction of sp³-hybridized carbons (Fsp3) is 0.300. The molecular weight excluding hydrogens is 314 g/mol. The Morgan fingerprint density at radius 2 is 2.04 bits per heavy atom. The molecule has 2 aromatic heterocycles. The maximum absolute atomic E-state index is 12.5. The Labute approximate surface area is 146 Å². The van der Waals surface area contributed by atoms with Gasteiger partial charge in [-0.2, -0.15) is 0 Å². The lowest BCUT2D eigenvalue weighted by Crippen LogP contribution is -2.23. The SMILES string of the molecule is Cc1c(C(=O)NCc2ccnc(N3CCCC3)c2)oc2ccccc12. The number of rotatable bonds is 4. The molecule has 3 aromatic rings. The van der Waals surface area contributed by atoms with E-state index in [1.54, 1.807) is 0 Å². The van der Waals surface area contributed by atoms with Gasteiger partial charge >= 0.3 is 0 Å². The fourth-order valence-electron chi connectivity index (χ4n) is 3.34. The molecule has 0 atom stereocenters. The van der Waals surface area contributed by atoms with Crippen molar-refractivity contribution in [2.75, 3.05) is 18.0 Å². The molecule has 1 aliphatic rings. The van der Waals surface area contributed by atoms with Crippen molar-refractivity contribution in [2.24, 2.45) is 0 Å². The number of carbonyl (C=O) groups is 1. The van der Waals surface area contributed by atoms with Crippen molar-refractivity contribution in [2.45, 2.75) is 26.3 Å². The molecule has 0 unspecified atom stereocenters. The summed E-state index contributed by atoms with van der Waals surface area (Å²) in [4.78, 5) is 19.2. The normalized spacial score (nSPS) is 14.2. The smallest absolute Gasteiger partial charge is 0.287 e. The Kier molecular flexibility index (Phi) is 4.14. The highest BCUT2D eigenvalue weighted by molar-refractivity contribution is 5.98. The highest BCUT2D eigenvalue weighted by atomic mass is 16.3. The van der Waals surface area contributed by atoms with Gasteiger partial charge in [-0.05, 0) is 43.5 Å². The van der Waals surface area contributed by atoms with Gasteiger partial charge in [0.1, 0.15) is 11.4 Å². The quantitative estimate of drug-likeness (QED) is 0.790. The molecule has 128 valence electrons. The van der Waals surface area contributed by atoms with Gasteiger partial charge in [0.25, 0.3) is 5.91 Å². The molecule has 25 heavy (non-hydrogen) atoms. The summed E-state index contributed by atoms with van der Waals surface area (Å²) >= 11 is 0. The molecule has 0 saturated carbocycles. The van der Waals surface area contributed by atoms with Crippen LogP contribution in [0.1, 0.15) is 34.5 Å². The van der Waals surface area contributed by atoms with Crippen LogP contribution in [-0.2, 0) is 6.54 Å². The summed E-state index contributed by atoms with van der Waals surface area (Å²) in [6, 6.07) is 11.7. The van der Waals surface area contributed by atoms with Crippen LogP contribution in [0.15, 0.2) is 47.0 Å². The first-order valence-electron chi connectivity index (χ1n) is 8.68. The van der Waals surface area contributed by atoms with Gasteiger partial charge in [-0.1, -0.05) is 18.2 Å². The van der Waals surface area contributed by atoms with E-state index in [4.69, 9.17) is 4.42 Å². The highest BCUT2D eigenvalue weighted by Crippen LogP contribution is 2.25. The molecule has 0 bridgehead atoms. The lowest BCUT2D eigenvalue weighted by molar-refractivity contribution is 0.0924. The first-order chi connectivity index (χ1) is 12.2. The first-order valence-corrected chi connectivity index (χ1v) is 8.68. The minimum atomic E-state index is -0.187. The second kappa shape index (κ2) is 6.59. The number of amides is 1. The molecule has 4 rings (SSSR count). The zero-order valence-corrected chi connectivity index (χ0v) is 14.3. The summed E-state index contributed by atoms with van der Waals surface area (Å²) in [5.41, 5.74) is 2.66. The summed E-state index contributed by atoms with van der Waals surface area (Å²) in [6.45, 7) is 4.49. The van der Waals surface area contributed by atoms with Crippen LogP contribution in [-0.4, -0.2) is 24.0 Å². The largest absolute Gasteiger partial charge is 0.451 e. The molecule has 1 amide bonds. The maximum Gasteiger partial charge on any atom is 0.287 e. The molecule has 1 saturated heterocycles. The molecule has 1 N–H and O–H groups in total. The minimum absolute atomic E-state index is 0.187. The van der Waals surface area contributed by atoms with Crippen molar-refractivity contribution in [3.8, 4) is 0 Å². The van der Waals surface area contributed by atoms with E-state index >= 15 is 0 Å². The summed E-state index contributed by atoms with van der Waals surface area (Å²) < 4.78 is 5.72. The number of fused-ring (bicyclic) bond motifs is 1. The van der Waals surface area contributed by atoms with Gasteiger partial charge in [-0.15, -0.1) is 0 Å². The van der Waals surface area contributed by atoms with E-state index in [0.29, 0.717) is 12.3 Å². The van der Waals surface area contributed by atoms with Crippen LogP contribution < -0.4 is 10.2 Å². The molecule has 1 fully saturated rings. The average Bonchev–Trinajstić information content (AvgIpc) is 3.29. The standard InChI is InChI=1S/C20H21N3O2/c1-14-16-6-2-3-7-17(16)25-19(14)20(24)22-13-15-8-9-21-18(12-15)23-10-4-5-11-23/h2-3,6-9,12H,4-5,10-11,13H2,1H3,(H,22,24). The number of hydrogen-bond acceptors (Lipinski definition) is 4. The van der Waals surface area contributed by atoms with Gasteiger partial charge in [0.05, 0.1) is 0 Å². The number of para-hydroxylation sites is 1. The van der Waals surface area contributed by atoms with E-state index in [9.17, 15) is 4.79 Å². The third-order valence-electron chi connectivity index (χ3n) is 4.74. The zero-order valence-electron chi connectivity index (χ0n) is 14.3. The Balaban J connectivity index is 1.48. The minimum Gasteiger partial charge on any atom is -0.451 e. The lowest BCUT2D eigenvalue weighted by atomic mass is 10.1. The first kappa shape index (κ1) is 15.7. The van der Waals surface area contributed by atoms with Crippen molar-refractivity contribution in [1.82, 2.24) is 10.3 Å². The molecule has 5 nitrogen and oxygen atoms in total. The van der Waals surface area contributed by atoms with Crippen LogP contribution in [0.25, 0.3) is 11.0 Å². The monoisotopic (exact) mass is 335 g/mol. The number of hydrogen-bond donors (Lipinski definition) is 1. The number of benzene rings is 1. The number of pyridine rings is 1. The summed E-state index contributed by atoms with van der Waals surface area (Å²) in [6.07, 6.45) is 4.24. The third kappa shape index (κ3) is 3.09. The van der Waals surface area contributed by atoms with Crippen LogP contribution in [0.3, 0.4) is 0 Å². The Morgan fingerprint density at radius 1 is 1.24 bits per heavy atom.